The summed E-state index contributed by atoms with van der Waals surface area (Å²) in [7, 11) is 1.60. The number of aliphatic hydroxyl groups excluding tert-OH is 1. The molecule has 0 unspecified atom stereocenters. The van der Waals surface area contributed by atoms with Gasteiger partial charge in [-0.3, -0.25) is 4.79 Å². The van der Waals surface area contributed by atoms with E-state index < -0.39 is 5.91 Å². The van der Waals surface area contributed by atoms with Crippen LogP contribution in [0.15, 0.2) is 52.4 Å². The maximum atomic E-state index is 11.9. The second kappa shape index (κ2) is 8.87. The van der Waals surface area contributed by atoms with E-state index in [1.165, 1.54) is 12.3 Å². The van der Waals surface area contributed by atoms with Crippen molar-refractivity contribution in [2.24, 2.45) is 0 Å². The molecule has 1 aromatic carbocycles. The van der Waals surface area contributed by atoms with Crippen molar-refractivity contribution in [3.8, 4) is 0 Å². The number of allylic oxidation sites excluding steroid dienone is 3. The van der Waals surface area contributed by atoms with Crippen LogP contribution in [-0.2, 0) is 4.79 Å². The topological polar surface area (TPSA) is 111 Å². The average molecular weight is 355 g/mol. The van der Waals surface area contributed by atoms with Gasteiger partial charge in [0.15, 0.2) is 0 Å². The van der Waals surface area contributed by atoms with Gasteiger partial charge in [-0.15, -0.1) is 0 Å². The first-order valence-corrected chi connectivity index (χ1v) is 7.15. The SMILES string of the molecule is CN/C=C(O)/C(Cl)=C\C(Cl)=C\C(=O)Nc1ccc(N)c(C=N)c1. The van der Waals surface area contributed by atoms with Crippen LogP contribution >= 0.6 is 23.2 Å². The van der Waals surface area contributed by atoms with Crippen LogP contribution < -0.4 is 16.4 Å². The van der Waals surface area contributed by atoms with Crippen molar-refractivity contribution in [3.63, 3.8) is 0 Å². The van der Waals surface area contributed by atoms with Gasteiger partial charge >= 0.3 is 0 Å². The molecular weight excluding hydrogens is 339 g/mol. The summed E-state index contributed by atoms with van der Waals surface area (Å²) in [4.78, 5) is 11.9. The number of nitrogen functional groups attached to an aromatic ring is 1. The van der Waals surface area contributed by atoms with Gasteiger partial charge in [0.25, 0.3) is 0 Å². The molecule has 0 aliphatic rings. The molecule has 6 N–H and O–H groups in total. The molecule has 1 rings (SSSR count). The predicted molar refractivity (Wildman–Crippen MR) is 95.0 cm³/mol. The van der Waals surface area contributed by atoms with E-state index >= 15 is 0 Å². The average Bonchev–Trinajstić information content (AvgIpc) is 2.49. The highest BCUT2D eigenvalue weighted by atomic mass is 35.5. The summed E-state index contributed by atoms with van der Waals surface area (Å²) in [6.07, 6.45) is 4.71. The molecule has 0 saturated heterocycles. The summed E-state index contributed by atoms with van der Waals surface area (Å²) in [6.45, 7) is 0. The van der Waals surface area contributed by atoms with E-state index in [4.69, 9.17) is 34.3 Å². The molecule has 0 bridgehead atoms. The molecule has 0 saturated carbocycles. The Labute approximate surface area is 143 Å². The fraction of sp³-hybridized carbons (Fsp3) is 0.0667. The van der Waals surface area contributed by atoms with Crippen LogP contribution in [0.5, 0.6) is 0 Å². The lowest BCUT2D eigenvalue weighted by Gasteiger charge is -2.05. The summed E-state index contributed by atoms with van der Waals surface area (Å²) in [5.41, 5.74) is 7.06. The number of carbonyl (C=O) groups excluding carboxylic acids is 1. The van der Waals surface area contributed by atoms with Gasteiger partial charge in [-0.2, -0.15) is 0 Å². The summed E-state index contributed by atoms with van der Waals surface area (Å²) in [5.74, 6) is -0.705. The minimum Gasteiger partial charge on any atom is -0.505 e. The molecular formula is C15H16Cl2N4O2. The Morgan fingerprint density at radius 3 is 2.65 bits per heavy atom. The Balaban J connectivity index is 2.84. The van der Waals surface area contributed by atoms with Crippen LogP contribution in [0, 0.1) is 5.41 Å². The summed E-state index contributed by atoms with van der Waals surface area (Å²) < 4.78 is 0. The summed E-state index contributed by atoms with van der Waals surface area (Å²) >= 11 is 11.7. The van der Waals surface area contributed by atoms with E-state index in [0.29, 0.717) is 16.9 Å². The third kappa shape index (κ3) is 6.06. The highest BCUT2D eigenvalue weighted by Gasteiger charge is 2.04. The van der Waals surface area contributed by atoms with E-state index in [1.54, 1.807) is 25.2 Å². The summed E-state index contributed by atoms with van der Waals surface area (Å²) in [6, 6.07) is 4.75. The fourth-order valence-electron chi connectivity index (χ4n) is 1.52. The molecule has 1 aromatic rings. The molecule has 0 radical (unpaired) electrons. The molecule has 0 fully saturated rings. The lowest BCUT2D eigenvalue weighted by molar-refractivity contribution is -0.111. The van der Waals surface area contributed by atoms with Crippen LogP contribution in [0.3, 0.4) is 0 Å². The monoisotopic (exact) mass is 354 g/mol. The molecule has 23 heavy (non-hydrogen) atoms. The standard InChI is InChI=1S/C15H16Cl2N4O2/c1-20-8-14(22)12(17)5-10(16)6-15(23)21-11-2-3-13(19)9(4-11)7-18/h2-8,18,20,22H,19H2,1H3,(H,21,23)/b10-6-,12-5+,14-8-,18-7?. The highest BCUT2D eigenvalue weighted by Crippen LogP contribution is 2.18. The molecule has 0 aliphatic heterocycles. The lowest BCUT2D eigenvalue weighted by atomic mass is 10.1. The molecule has 122 valence electrons. The number of hydrogen-bond acceptors (Lipinski definition) is 5. The number of nitrogens with one attached hydrogen (secondary N) is 3. The zero-order valence-corrected chi connectivity index (χ0v) is 13.7. The largest absolute Gasteiger partial charge is 0.505 e. The van der Waals surface area contributed by atoms with Crippen molar-refractivity contribution in [1.82, 2.24) is 5.32 Å². The minimum absolute atomic E-state index is 0.0213. The molecule has 0 aromatic heterocycles. The van der Waals surface area contributed by atoms with Crippen molar-refractivity contribution < 1.29 is 9.90 Å². The first-order chi connectivity index (χ1) is 10.9. The number of halogens is 2. The van der Waals surface area contributed by atoms with Gasteiger partial charge in [-0.05, 0) is 24.3 Å². The normalized spacial score (nSPS) is 12.7. The number of hydrogen-bond donors (Lipinski definition) is 5. The van der Waals surface area contributed by atoms with E-state index in [-0.39, 0.29) is 15.8 Å². The Morgan fingerprint density at radius 2 is 2.04 bits per heavy atom. The van der Waals surface area contributed by atoms with Crippen LogP contribution in [0.4, 0.5) is 11.4 Å². The van der Waals surface area contributed by atoms with Gasteiger partial charge in [0.05, 0.1) is 5.03 Å². The van der Waals surface area contributed by atoms with Gasteiger partial charge in [0.2, 0.25) is 5.91 Å². The Kier molecular flexibility index (Phi) is 7.18. The number of amides is 1. The number of rotatable bonds is 6. The fourth-order valence-corrected chi connectivity index (χ4v) is 1.96. The Morgan fingerprint density at radius 1 is 1.35 bits per heavy atom. The van der Waals surface area contributed by atoms with Crippen molar-refractivity contribution in [2.75, 3.05) is 18.1 Å². The van der Waals surface area contributed by atoms with Gasteiger partial charge in [0, 0.05) is 47.5 Å². The number of aliphatic hydroxyl groups is 1. The third-order valence-electron chi connectivity index (χ3n) is 2.57. The number of benzene rings is 1. The lowest BCUT2D eigenvalue weighted by Crippen LogP contribution is -2.09. The first-order valence-electron chi connectivity index (χ1n) is 6.39. The van der Waals surface area contributed by atoms with E-state index in [2.05, 4.69) is 10.6 Å². The zero-order valence-electron chi connectivity index (χ0n) is 12.2. The summed E-state index contributed by atoms with van der Waals surface area (Å²) in [5, 5.41) is 21.9. The van der Waals surface area contributed by atoms with Crippen LogP contribution in [0.1, 0.15) is 5.56 Å². The number of nitrogens with two attached hydrogens (primary N) is 1. The van der Waals surface area contributed by atoms with Crippen LogP contribution in [0.2, 0.25) is 0 Å². The van der Waals surface area contributed by atoms with Gasteiger partial charge < -0.3 is 26.9 Å². The maximum Gasteiger partial charge on any atom is 0.249 e. The van der Waals surface area contributed by atoms with Crippen molar-refractivity contribution >= 4 is 46.7 Å². The second-order valence-corrected chi connectivity index (χ2v) is 5.16. The van der Waals surface area contributed by atoms with Crippen molar-refractivity contribution in [1.29, 1.82) is 5.41 Å². The highest BCUT2D eigenvalue weighted by molar-refractivity contribution is 6.36. The third-order valence-corrected chi connectivity index (χ3v) is 3.09. The zero-order chi connectivity index (χ0) is 17.4. The molecule has 1 amide bonds. The van der Waals surface area contributed by atoms with Gasteiger partial charge in [-0.1, -0.05) is 23.2 Å². The quantitative estimate of drug-likeness (QED) is 0.178. The minimum atomic E-state index is -0.492. The molecule has 0 aliphatic carbocycles. The number of anilines is 2. The molecule has 0 spiro atoms. The Bertz CT molecular complexity index is 697. The van der Waals surface area contributed by atoms with E-state index in [1.807, 2.05) is 0 Å². The van der Waals surface area contributed by atoms with Crippen LogP contribution in [0.25, 0.3) is 0 Å². The maximum absolute atomic E-state index is 11.9. The van der Waals surface area contributed by atoms with Crippen molar-refractivity contribution in [3.05, 3.63) is 57.9 Å². The smallest absolute Gasteiger partial charge is 0.249 e. The molecule has 6 nitrogen and oxygen atoms in total. The molecule has 0 atom stereocenters. The van der Waals surface area contributed by atoms with Gasteiger partial charge in [0.1, 0.15) is 5.76 Å². The van der Waals surface area contributed by atoms with E-state index in [9.17, 15) is 9.90 Å². The Hall–Kier alpha value is -2.44. The second-order valence-electron chi connectivity index (χ2n) is 4.32. The number of carbonyl (C=O) groups is 1. The van der Waals surface area contributed by atoms with Crippen LogP contribution in [-0.4, -0.2) is 24.3 Å². The first kappa shape index (κ1) is 18.6. The molecule has 0 heterocycles. The predicted octanol–water partition coefficient (Wildman–Crippen LogP) is 3.07. The van der Waals surface area contributed by atoms with Gasteiger partial charge in [-0.25, -0.2) is 0 Å². The van der Waals surface area contributed by atoms with Crippen molar-refractivity contribution in [2.45, 2.75) is 0 Å². The molecule has 8 heteroatoms. The van der Waals surface area contributed by atoms with E-state index in [0.717, 1.165) is 12.3 Å².